The van der Waals surface area contributed by atoms with Crippen molar-refractivity contribution in [2.24, 2.45) is 11.3 Å². The molecule has 0 bridgehead atoms. The van der Waals surface area contributed by atoms with E-state index in [2.05, 4.69) is 11.9 Å². The van der Waals surface area contributed by atoms with E-state index in [1.54, 1.807) is 6.20 Å². The van der Waals surface area contributed by atoms with E-state index in [1.165, 1.54) is 0 Å². The monoisotopic (exact) mass is 343 g/mol. The topological polar surface area (TPSA) is 53.5 Å². The predicted octanol–water partition coefficient (Wildman–Crippen LogP) is 2.86. The maximum absolute atomic E-state index is 12.8. The summed E-state index contributed by atoms with van der Waals surface area (Å²) in [7, 11) is 0. The Kier molecular flexibility index (Phi) is 5.11. The smallest absolute Gasteiger partial charge is 0.228 e. The van der Waals surface area contributed by atoms with Crippen LogP contribution in [0.3, 0.4) is 0 Å². The number of nitrogens with zero attached hydrogens (tertiary/aromatic N) is 3. The highest BCUT2D eigenvalue weighted by Crippen LogP contribution is 2.46. The molecular formula is C20H29N3O2. The molecule has 1 aliphatic heterocycles. The number of carbonyl (C=O) groups is 2. The van der Waals surface area contributed by atoms with Crippen molar-refractivity contribution in [2.45, 2.75) is 59.0 Å². The molecule has 1 atom stereocenters. The second-order valence-electron chi connectivity index (χ2n) is 8.09. The number of rotatable bonds is 5. The molecule has 25 heavy (non-hydrogen) atoms. The standard InChI is InChI=1S/C20H29N3O2/c1-15(2)18(24)23(13-16-6-4-10-21-12-16)17-7-5-11-22(14-17)19(25)20(3)8-9-20/h4,6,10,12,15,17H,5,7-9,11,13-14H2,1-3H3. The minimum absolute atomic E-state index is 0.0521. The van der Waals surface area contributed by atoms with Gasteiger partial charge < -0.3 is 9.80 Å². The zero-order valence-electron chi connectivity index (χ0n) is 15.6. The first-order valence-electron chi connectivity index (χ1n) is 9.39. The Balaban J connectivity index is 1.75. The predicted molar refractivity (Wildman–Crippen MR) is 96.6 cm³/mol. The third kappa shape index (κ3) is 4.02. The Labute approximate surface area is 150 Å². The van der Waals surface area contributed by atoms with Gasteiger partial charge in [-0.1, -0.05) is 26.8 Å². The molecule has 1 saturated carbocycles. The van der Waals surface area contributed by atoms with Crippen LogP contribution in [0.4, 0.5) is 0 Å². The molecule has 2 heterocycles. The minimum atomic E-state index is -0.141. The summed E-state index contributed by atoms with van der Waals surface area (Å²) in [6, 6.07) is 4.00. The Bertz CT molecular complexity index is 625. The van der Waals surface area contributed by atoms with Gasteiger partial charge in [-0.15, -0.1) is 0 Å². The van der Waals surface area contributed by atoms with E-state index in [1.807, 2.05) is 42.0 Å². The van der Waals surface area contributed by atoms with Crippen molar-refractivity contribution in [3.05, 3.63) is 30.1 Å². The molecule has 2 fully saturated rings. The lowest BCUT2D eigenvalue weighted by atomic mass is 9.99. The number of hydrogen-bond donors (Lipinski definition) is 0. The van der Waals surface area contributed by atoms with Gasteiger partial charge >= 0.3 is 0 Å². The van der Waals surface area contributed by atoms with E-state index in [9.17, 15) is 9.59 Å². The molecule has 0 spiro atoms. The first-order chi connectivity index (χ1) is 11.9. The van der Waals surface area contributed by atoms with Crippen LogP contribution < -0.4 is 0 Å². The summed E-state index contributed by atoms with van der Waals surface area (Å²) < 4.78 is 0. The summed E-state index contributed by atoms with van der Waals surface area (Å²) >= 11 is 0. The van der Waals surface area contributed by atoms with E-state index in [-0.39, 0.29) is 29.2 Å². The van der Waals surface area contributed by atoms with E-state index in [4.69, 9.17) is 0 Å². The summed E-state index contributed by atoms with van der Waals surface area (Å²) in [5.74, 6) is 0.375. The molecule has 5 nitrogen and oxygen atoms in total. The minimum Gasteiger partial charge on any atom is -0.340 e. The number of carbonyl (C=O) groups excluding carboxylic acids is 2. The Morgan fingerprint density at radius 1 is 1.40 bits per heavy atom. The SMILES string of the molecule is CC(C)C(=O)N(Cc1cccnc1)C1CCCN(C(=O)C2(C)CC2)C1. The van der Waals surface area contributed by atoms with Crippen LogP contribution >= 0.6 is 0 Å². The number of aromatic nitrogens is 1. The quantitative estimate of drug-likeness (QED) is 0.826. The average molecular weight is 343 g/mol. The van der Waals surface area contributed by atoms with Crippen molar-refractivity contribution in [3.63, 3.8) is 0 Å². The number of pyridine rings is 1. The van der Waals surface area contributed by atoms with Crippen LogP contribution in [0.15, 0.2) is 24.5 Å². The lowest BCUT2D eigenvalue weighted by Gasteiger charge is -2.41. The molecule has 0 N–H and O–H groups in total. The number of piperidine rings is 1. The molecule has 2 aliphatic rings. The van der Waals surface area contributed by atoms with Crippen LogP contribution in [0, 0.1) is 11.3 Å². The van der Waals surface area contributed by atoms with Gasteiger partial charge in [0.1, 0.15) is 0 Å². The highest BCUT2D eigenvalue weighted by Gasteiger charge is 2.48. The lowest BCUT2D eigenvalue weighted by molar-refractivity contribution is -0.144. The van der Waals surface area contributed by atoms with Gasteiger partial charge in [-0.3, -0.25) is 14.6 Å². The molecule has 2 amide bonds. The van der Waals surface area contributed by atoms with Gasteiger partial charge in [0.2, 0.25) is 11.8 Å². The highest BCUT2D eigenvalue weighted by molar-refractivity contribution is 5.85. The second kappa shape index (κ2) is 7.14. The molecule has 1 aliphatic carbocycles. The van der Waals surface area contributed by atoms with Crippen molar-refractivity contribution >= 4 is 11.8 Å². The molecule has 1 aromatic rings. The van der Waals surface area contributed by atoms with E-state index in [0.717, 1.165) is 37.8 Å². The van der Waals surface area contributed by atoms with E-state index < -0.39 is 0 Å². The molecule has 1 unspecified atom stereocenters. The van der Waals surface area contributed by atoms with Crippen LogP contribution in [0.5, 0.6) is 0 Å². The van der Waals surface area contributed by atoms with E-state index >= 15 is 0 Å². The molecule has 1 saturated heterocycles. The van der Waals surface area contributed by atoms with Gasteiger partial charge in [0, 0.05) is 49.4 Å². The molecule has 5 heteroatoms. The van der Waals surface area contributed by atoms with Crippen molar-refractivity contribution in [1.82, 2.24) is 14.8 Å². The second-order valence-corrected chi connectivity index (χ2v) is 8.09. The third-order valence-corrected chi connectivity index (χ3v) is 5.49. The normalized spacial score (nSPS) is 21.9. The molecule has 0 aromatic carbocycles. The maximum Gasteiger partial charge on any atom is 0.228 e. The summed E-state index contributed by atoms with van der Waals surface area (Å²) in [5.41, 5.74) is 0.895. The third-order valence-electron chi connectivity index (χ3n) is 5.49. The van der Waals surface area contributed by atoms with Crippen molar-refractivity contribution in [3.8, 4) is 0 Å². The van der Waals surface area contributed by atoms with Gasteiger partial charge in [0.15, 0.2) is 0 Å². The Morgan fingerprint density at radius 2 is 2.16 bits per heavy atom. The van der Waals surface area contributed by atoms with Crippen molar-refractivity contribution in [2.75, 3.05) is 13.1 Å². The fourth-order valence-corrected chi connectivity index (χ4v) is 3.58. The number of hydrogen-bond acceptors (Lipinski definition) is 3. The van der Waals surface area contributed by atoms with Crippen LogP contribution in [-0.4, -0.2) is 45.7 Å². The van der Waals surface area contributed by atoms with Crippen LogP contribution in [-0.2, 0) is 16.1 Å². The fourth-order valence-electron chi connectivity index (χ4n) is 3.58. The molecular weight excluding hydrogens is 314 g/mol. The van der Waals surface area contributed by atoms with Crippen LogP contribution in [0.1, 0.15) is 52.0 Å². The maximum atomic E-state index is 12.8. The first-order valence-corrected chi connectivity index (χ1v) is 9.39. The summed E-state index contributed by atoms with van der Waals surface area (Å²) in [6.07, 6.45) is 7.47. The van der Waals surface area contributed by atoms with Crippen LogP contribution in [0.25, 0.3) is 0 Å². The summed E-state index contributed by atoms with van der Waals surface area (Å²) in [4.78, 5) is 33.7. The van der Waals surface area contributed by atoms with Crippen LogP contribution in [0.2, 0.25) is 0 Å². The van der Waals surface area contributed by atoms with Gasteiger partial charge in [-0.2, -0.15) is 0 Å². The van der Waals surface area contributed by atoms with Crippen molar-refractivity contribution in [1.29, 1.82) is 0 Å². The Morgan fingerprint density at radius 3 is 2.76 bits per heavy atom. The molecule has 3 rings (SSSR count). The highest BCUT2D eigenvalue weighted by atomic mass is 16.2. The van der Waals surface area contributed by atoms with Gasteiger partial charge in [0.05, 0.1) is 0 Å². The average Bonchev–Trinajstić information content (AvgIpc) is 3.38. The number of likely N-dealkylation sites (tertiary alicyclic amines) is 1. The summed E-state index contributed by atoms with van der Waals surface area (Å²) in [6.45, 7) is 7.99. The van der Waals surface area contributed by atoms with Crippen molar-refractivity contribution < 1.29 is 9.59 Å². The lowest BCUT2D eigenvalue weighted by Crippen LogP contribution is -2.53. The largest absolute Gasteiger partial charge is 0.340 e. The zero-order valence-corrected chi connectivity index (χ0v) is 15.6. The molecule has 0 radical (unpaired) electrons. The van der Waals surface area contributed by atoms with Gasteiger partial charge in [-0.05, 0) is 37.3 Å². The Hall–Kier alpha value is -1.91. The number of amides is 2. The first kappa shape index (κ1) is 17.9. The fraction of sp³-hybridized carbons (Fsp3) is 0.650. The summed E-state index contributed by atoms with van der Waals surface area (Å²) in [5, 5.41) is 0. The molecule has 1 aromatic heterocycles. The zero-order chi connectivity index (χ0) is 18.0. The molecule has 136 valence electrons. The van der Waals surface area contributed by atoms with E-state index in [0.29, 0.717) is 13.1 Å². The van der Waals surface area contributed by atoms with Gasteiger partial charge in [0.25, 0.3) is 0 Å². The van der Waals surface area contributed by atoms with Gasteiger partial charge in [-0.25, -0.2) is 0 Å².